The second-order valence-corrected chi connectivity index (χ2v) is 8.56. The van der Waals surface area contributed by atoms with Crippen molar-refractivity contribution in [2.45, 2.75) is 25.9 Å². The van der Waals surface area contributed by atoms with Crippen LogP contribution < -0.4 is 24.4 Å². The Morgan fingerprint density at radius 1 is 1.09 bits per heavy atom. The normalized spacial score (nSPS) is 17.9. The maximum Gasteiger partial charge on any atom is 0.267 e. The van der Waals surface area contributed by atoms with Crippen LogP contribution in [0.3, 0.4) is 0 Å². The molecule has 2 aromatic rings. The van der Waals surface area contributed by atoms with Gasteiger partial charge in [0.2, 0.25) is 5.91 Å². The van der Waals surface area contributed by atoms with E-state index < -0.39 is 6.10 Å². The zero-order chi connectivity index (χ0) is 24.6. The SMILES string of the molecule is COc1ccc(OCCCC(=O)Nc2ccc3c(c2)N(CCN2CCOCC2)C(=O)C(C)O3)cc1. The van der Waals surface area contributed by atoms with E-state index in [4.69, 9.17) is 18.9 Å². The lowest BCUT2D eigenvalue weighted by Crippen LogP contribution is -2.48. The summed E-state index contributed by atoms with van der Waals surface area (Å²) in [5, 5.41) is 2.93. The number of carbonyl (C=O) groups is 2. The minimum absolute atomic E-state index is 0.0788. The Bertz CT molecular complexity index is 1010. The lowest BCUT2D eigenvalue weighted by Gasteiger charge is -2.35. The molecule has 0 bridgehead atoms. The molecule has 0 radical (unpaired) electrons. The number of amides is 2. The summed E-state index contributed by atoms with van der Waals surface area (Å²) in [4.78, 5) is 29.4. The minimum atomic E-state index is -0.543. The van der Waals surface area contributed by atoms with Gasteiger partial charge < -0.3 is 29.2 Å². The molecule has 9 nitrogen and oxygen atoms in total. The molecule has 2 heterocycles. The van der Waals surface area contributed by atoms with Gasteiger partial charge in [-0.05, 0) is 55.8 Å². The number of nitrogens with one attached hydrogen (secondary N) is 1. The highest BCUT2D eigenvalue weighted by Gasteiger charge is 2.32. The second kappa shape index (κ2) is 11.9. The molecule has 2 aromatic carbocycles. The Labute approximate surface area is 205 Å². The van der Waals surface area contributed by atoms with E-state index in [0.717, 1.165) is 31.1 Å². The summed E-state index contributed by atoms with van der Waals surface area (Å²) >= 11 is 0. The zero-order valence-corrected chi connectivity index (χ0v) is 20.3. The molecule has 0 aromatic heterocycles. The van der Waals surface area contributed by atoms with Crippen molar-refractivity contribution in [2.24, 2.45) is 0 Å². The monoisotopic (exact) mass is 483 g/mol. The third kappa shape index (κ3) is 6.64. The van der Waals surface area contributed by atoms with Crippen molar-refractivity contribution in [3.05, 3.63) is 42.5 Å². The standard InChI is InChI=1S/C26H33N3O6/c1-19-26(31)29(12-11-28-13-16-33-17-14-28)23-18-20(5-10-24(23)35-19)27-25(30)4-3-15-34-22-8-6-21(32-2)7-9-22/h5-10,18-19H,3-4,11-17H2,1-2H3,(H,27,30). The van der Waals surface area contributed by atoms with Crippen LogP contribution in [0.25, 0.3) is 0 Å². The van der Waals surface area contributed by atoms with E-state index in [2.05, 4.69) is 10.2 Å². The highest BCUT2D eigenvalue weighted by Crippen LogP contribution is 2.36. The van der Waals surface area contributed by atoms with Crippen LogP contribution in [0.1, 0.15) is 19.8 Å². The highest BCUT2D eigenvalue weighted by molar-refractivity contribution is 6.01. The van der Waals surface area contributed by atoms with Crippen LogP contribution in [0.2, 0.25) is 0 Å². The molecule has 1 unspecified atom stereocenters. The lowest BCUT2D eigenvalue weighted by molar-refractivity contribution is -0.125. The number of hydrogen-bond donors (Lipinski definition) is 1. The van der Waals surface area contributed by atoms with Gasteiger partial charge in [-0.15, -0.1) is 0 Å². The molecule has 4 rings (SSSR count). The minimum Gasteiger partial charge on any atom is -0.497 e. The third-order valence-corrected chi connectivity index (χ3v) is 6.07. The summed E-state index contributed by atoms with van der Waals surface area (Å²) < 4.78 is 22.0. The van der Waals surface area contributed by atoms with Gasteiger partial charge in [0, 0.05) is 38.3 Å². The molecular formula is C26H33N3O6. The van der Waals surface area contributed by atoms with Gasteiger partial charge in [0.1, 0.15) is 17.2 Å². The number of ether oxygens (including phenoxy) is 4. The van der Waals surface area contributed by atoms with Crippen molar-refractivity contribution in [2.75, 3.05) is 63.3 Å². The van der Waals surface area contributed by atoms with E-state index in [-0.39, 0.29) is 11.8 Å². The van der Waals surface area contributed by atoms with E-state index in [1.165, 1.54) is 0 Å². The number of nitrogens with zero attached hydrogens (tertiary/aromatic N) is 2. The van der Waals surface area contributed by atoms with Crippen molar-refractivity contribution in [1.82, 2.24) is 4.90 Å². The topological polar surface area (TPSA) is 89.6 Å². The Hall–Kier alpha value is -3.30. The van der Waals surface area contributed by atoms with Crippen LogP contribution in [0.4, 0.5) is 11.4 Å². The first-order chi connectivity index (χ1) is 17.0. The van der Waals surface area contributed by atoms with Gasteiger partial charge in [-0.3, -0.25) is 14.5 Å². The summed E-state index contributed by atoms with van der Waals surface area (Å²) in [6.07, 6.45) is 0.354. The van der Waals surface area contributed by atoms with Gasteiger partial charge in [0.05, 0.1) is 32.6 Å². The molecule has 1 N–H and O–H groups in total. The Morgan fingerprint density at radius 2 is 1.83 bits per heavy atom. The molecule has 0 aliphatic carbocycles. The molecule has 35 heavy (non-hydrogen) atoms. The first kappa shape index (κ1) is 24.8. The molecule has 2 amide bonds. The number of carbonyl (C=O) groups excluding carboxylic acids is 2. The number of hydrogen-bond acceptors (Lipinski definition) is 7. The van der Waals surface area contributed by atoms with E-state index in [1.807, 2.05) is 36.4 Å². The predicted molar refractivity (Wildman–Crippen MR) is 132 cm³/mol. The van der Waals surface area contributed by atoms with E-state index >= 15 is 0 Å². The van der Waals surface area contributed by atoms with Crippen molar-refractivity contribution in [1.29, 1.82) is 0 Å². The van der Waals surface area contributed by atoms with Gasteiger partial charge in [0.25, 0.3) is 5.91 Å². The maximum atomic E-state index is 12.9. The summed E-state index contributed by atoms with van der Waals surface area (Å²) in [6.45, 7) is 6.65. The summed E-state index contributed by atoms with van der Waals surface area (Å²) in [5.41, 5.74) is 1.31. The number of methoxy groups -OCH3 is 1. The molecule has 188 valence electrons. The van der Waals surface area contributed by atoms with Gasteiger partial charge in [-0.1, -0.05) is 0 Å². The Balaban J connectivity index is 1.30. The number of morpholine rings is 1. The van der Waals surface area contributed by atoms with Crippen LogP contribution in [0.15, 0.2) is 42.5 Å². The molecule has 0 spiro atoms. The predicted octanol–water partition coefficient (Wildman–Crippen LogP) is 2.94. The number of rotatable bonds is 10. The average Bonchev–Trinajstić information content (AvgIpc) is 2.88. The highest BCUT2D eigenvalue weighted by atomic mass is 16.5. The van der Waals surface area contributed by atoms with E-state index in [9.17, 15) is 9.59 Å². The largest absolute Gasteiger partial charge is 0.497 e. The van der Waals surface area contributed by atoms with Crippen LogP contribution in [-0.4, -0.2) is 75.9 Å². The van der Waals surface area contributed by atoms with E-state index in [1.54, 1.807) is 25.0 Å². The number of anilines is 2. The fraction of sp³-hybridized carbons (Fsp3) is 0.462. The zero-order valence-electron chi connectivity index (χ0n) is 20.3. The van der Waals surface area contributed by atoms with E-state index in [0.29, 0.717) is 56.3 Å². The summed E-state index contributed by atoms with van der Waals surface area (Å²) in [5.74, 6) is 1.95. The Morgan fingerprint density at radius 3 is 2.57 bits per heavy atom. The lowest BCUT2D eigenvalue weighted by atomic mass is 10.1. The van der Waals surface area contributed by atoms with Crippen LogP contribution >= 0.6 is 0 Å². The maximum absolute atomic E-state index is 12.9. The van der Waals surface area contributed by atoms with Crippen molar-refractivity contribution in [3.8, 4) is 17.2 Å². The molecule has 0 saturated carbocycles. The van der Waals surface area contributed by atoms with Crippen molar-refractivity contribution >= 4 is 23.2 Å². The van der Waals surface area contributed by atoms with Crippen LogP contribution in [0, 0.1) is 0 Å². The van der Waals surface area contributed by atoms with Crippen LogP contribution in [0.5, 0.6) is 17.2 Å². The second-order valence-electron chi connectivity index (χ2n) is 8.56. The molecule has 9 heteroatoms. The molecule has 1 saturated heterocycles. The molecule has 2 aliphatic heterocycles. The number of fused-ring (bicyclic) bond motifs is 1. The van der Waals surface area contributed by atoms with Crippen LogP contribution in [-0.2, 0) is 14.3 Å². The van der Waals surface area contributed by atoms with Gasteiger partial charge in [-0.25, -0.2) is 0 Å². The first-order valence-corrected chi connectivity index (χ1v) is 12.0. The van der Waals surface area contributed by atoms with Gasteiger partial charge >= 0.3 is 0 Å². The third-order valence-electron chi connectivity index (χ3n) is 6.07. The van der Waals surface area contributed by atoms with Crippen molar-refractivity contribution < 1.29 is 28.5 Å². The van der Waals surface area contributed by atoms with Gasteiger partial charge in [-0.2, -0.15) is 0 Å². The molecule has 1 atom stereocenters. The average molecular weight is 484 g/mol. The first-order valence-electron chi connectivity index (χ1n) is 12.0. The smallest absolute Gasteiger partial charge is 0.267 e. The van der Waals surface area contributed by atoms with Crippen molar-refractivity contribution in [3.63, 3.8) is 0 Å². The molecule has 2 aliphatic rings. The fourth-order valence-electron chi connectivity index (χ4n) is 4.10. The van der Waals surface area contributed by atoms with Gasteiger partial charge in [0.15, 0.2) is 6.10 Å². The summed E-state index contributed by atoms with van der Waals surface area (Å²) in [7, 11) is 1.62. The quantitative estimate of drug-likeness (QED) is 0.520. The molecule has 1 fully saturated rings. The Kier molecular flexibility index (Phi) is 8.44. The summed E-state index contributed by atoms with van der Waals surface area (Å²) in [6, 6.07) is 12.7. The number of benzene rings is 2. The molecular weight excluding hydrogens is 450 g/mol. The fourth-order valence-corrected chi connectivity index (χ4v) is 4.10.